The number of hydrogen-bond acceptors (Lipinski definition) is 4. The molecule has 3 aromatic carbocycles. The molecule has 0 spiro atoms. The first-order valence-corrected chi connectivity index (χ1v) is 14.4. The number of aryl methyl sites for hydroxylation is 3. The number of fused-ring (bicyclic) bond motifs is 1. The smallest absolute Gasteiger partial charge is 0.197 e. The van der Waals surface area contributed by atoms with E-state index in [0.29, 0.717) is 23.5 Å². The first kappa shape index (κ1) is 27.1. The van der Waals surface area contributed by atoms with Gasteiger partial charge in [0.15, 0.2) is 5.78 Å². The number of nitrogens with zero attached hydrogens (tertiary/aromatic N) is 1. The number of para-hydroxylation sites is 1. The zero-order valence-corrected chi connectivity index (χ0v) is 25.7. The molecule has 0 unspecified atom stereocenters. The van der Waals surface area contributed by atoms with Crippen LogP contribution < -0.4 is 4.74 Å². The van der Waals surface area contributed by atoms with E-state index in [4.69, 9.17) is 9.15 Å². The topological polar surface area (TPSA) is 42.7 Å². The molecule has 0 atom stereocenters. The Kier molecular flexibility index (Phi) is 8.78. The van der Waals surface area contributed by atoms with E-state index in [1.54, 1.807) is 0 Å². The van der Waals surface area contributed by atoms with Crippen molar-refractivity contribution >= 4 is 61.9 Å². The highest BCUT2D eigenvalue weighted by Crippen LogP contribution is 2.39. The van der Waals surface area contributed by atoms with E-state index in [9.17, 15) is 4.79 Å². The van der Waals surface area contributed by atoms with E-state index in [0.717, 1.165) is 60.2 Å². The minimum absolute atomic E-state index is 0.0418. The van der Waals surface area contributed by atoms with Crippen LogP contribution in [0.3, 0.4) is 0 Å². The lowest BCUT2D eigenvalue weighted by atomic mass is 9.92. The third-order valence-corrected chi connectivity index (χ3v) is 8.14. The van der Waals surface area contributed by atoms with Gasteiger partial charge in [-0.15, -0.1) is 0 Å². The molecule has 0 bridgehead atoms. The summed E-state index contributed by atoms with van der Waals surface area (Å²) in [6.07, 6.45) is 0. The highest BCUT2D eigenvalue weighted by molar-refractivity contribution is 14.1. The Hall–Kier alpha value is -1.91. The van der Waals surface area contributed by atoms with Gasteiger partial charge in [0.25, 0.3) is 0 Å². The average Bonchev–Trinajstić information content (AvgIpc) is 3.21. The molecular weight excluding hydrogens is 676 g/mol. The lowest BCUT2D eigenvalue weighted by Crippen LogP contribution is -2.28. The zero-order chi connectivity index (χ0) is 26.0. The second-order valence-corrected chi connectivity index (χ2v) is 11.4. The molecule has 0 N–H and O–H groups in total. The number of ketones is 1. The van der Waals surface area contributed by atoms with Crippen molar-refractivity contribution in [3.05, 3.63) is 83.5 Å². The van der Waals surface area contributed by atoms with Crippen LogP contribution in [0.25, 0.3) is 22.3 Å². The summed E-state index contributed by atoms with van der Waals surface area (Å²) >= 11 is 4.54. The highest BCUT2D eigenvalue weighted by Gasteiger charge is 2.26. The van der Waals surface area contributed by atoms with Gasteiger partial charge in [-0.3, -0.25) is 4.79 Å². The number of halogens is 2. The molecule has 1 aromatic heterocycles. The summed E-state index contributed by atoms with van der Waals surface area (Å²) in [6, 6.07) is 15.9. The maximum Gasteiger partial charge on any atom is 0.197 e. The van der Waals surface area contributed by atoms with Crippen molar-refractivity contribution in [1.82, 2.24) is 4.90 Å². The average molecular weight is 707 g/mol. The zero-order valence-electron chi connectivity index (χ0n) is 21.4. The number of benzene rings is 3. The van der Waals surface area contributed by atoms with Crippen molar-refractivity contribution in [2.45, 2.75) is 34.6 Å². The van der Waals surface area contributed by atoms with Crippen LogP contribution >= 0.6 is 45.2 Å². The van der Waals surface area contributed by atoms with Gasteiger partial charge in [0.1, 0.15) is 23.7 Å². The Morgan fingerprint density at radius 3 is 2.17 bits per heavy atom. The Bertz CT molecular complexity index is 1370. The number of rotatable bonds is 9. The van der Waals surface area contributed by atoms with Crippen molar-refractivity contribution in [1.29, 1.82) is 0 Å². The Balaban J connectivity index is 1.76. The molecule has 4 aromatic rings. The van der Waals surface area contributed by atoms with Crippen LogP contribution in [-0.2, 0) is 0 Å². The van der Waals surface area contributed by atoms with Crippen LogP contribution in [0.2, 0.25) is 0 Å². The van der Waals surface area contributed by atoms with Gasteiger partial charge in [-0.25, -0.2) is 0 Å². The fraction of sp³-hybridized carbons (Fsp3) is 0.300. The third-order valence-electron chi connectivity index (χ3n) is 6.54. The molecule has 0 aliphatic carbocycles. The van der Waals surface area contributed by atoms with Crippen molar-refractivity contribution < 1.29 is 13.9 Å². The molecular formula is C30H31I2NO3. The first-order chi connectivity index (χ1) is 17.2. The van der Waals surface area contributed by atoms with Gasteiger partial charge in [-0.1, -0.05) is 49.7 Å². The van der Waals surface area contributed by atoms with Crippen LogP contribution in [-0.4, -0.2) is 36.9 Å². The Morgan fingerprint density at radius 1 is 0.944 bits per heavy atom. The number of ether oxygens (including phenoxy) is 1. The minimum atomic E-state index is -0.0418. The van der Waals surface area contributed by atoms with Gasteiger partial charge in [-0.2, -0.15) is 0 Å². The van der Waals surface area contributed by atoms with Crippen LogP contribution in [0.15, 0.2) is 52.9 Å². The van der Waals surface area contributed by atoms with Crippen molar-refractivity contribution in [3.8, 4) is 17.1 Å². The predicted octanol–water partition coefficient (Wildman–Crippen LogP) is 8.19. The number of likely N-dealkylation sites (N-methyl/N-ethyl adjacent to an activating group) is 1. The molecule has 0 amide bonds. The molecule has 0 aliphatic heterocycles. The van der Waals surface area contributed by atoms with E-state index in [1.165, 1.54) is 5.56 Å². The third kappa shape index (κ3) is 5.50. The van der Waals surface area contributed by atoms with E-state index < -0.39 is 0 Å². The highest BCUT2D eigenvalue weighted by atomic mass is 127. The van der Waals surface area contributed by atoms with Crippen LogP contribution in [0.4, 0.5) is 0 Å². The van der Waals surface area contributed by atoms with Gasteiger partial charge in [0.05, 0.1) is 12.7 Å². The summed E-state index contributed by atoms with van der Waals surface area (Å²) in [6.45, 7) is 14.0. The fourth-order valence-corrected chi connectivity index (χ4v) is 6.85. The molecule has 0 radical (unpaired) electrons. The second-order valence-electron chi connectivity index (χ2n) is 9.05. The molecule has 0 fully saturated rings. The van der Waals surface area contributed by atoms with Crippen molar-refractivity contribution in [2.24, 2.45) is 0 Å². The molecule has 1 heterocycles. The molecule has 0 saturated heterocycles. The first-order valence-electron chi connectivity index (χ1n) is 12.2. The second kappa shape index (κ2) is 11.6. The fourth-order valence-electron chi connectivity index (χ4n) is 4.77. The molecule has 4 nitrogen and oxygen atoms in total. The van der Waals surface area contributed by atoms with Crippen LogP contribution in [0, 0.1) is 27.9 Å². The number of carbonyl (C=O) groups excluding carboxylic acids is 1. The van der Waals surface area contributed by atoms with Gasteiger partial charge < -0.3 is 14.1 Å². The van der Waals surface area contributed by atoms with Gasteiger partial charge in [0, 0.05) is 23.1 Å². The predicted molar refractivity (Wildman–Crippen MR) is 164 cm³/mol. The molecule has 188 valence electrons. The minimum Gasteiger partial charge on any atom is -0.490 e. The number of carbonyl (C=O) groups is 1. The van der Waals surface area contributed by atoms with E-state index >= 15 is 0 Å². The summed E-state index contributed by atoms with van der Waals surface area (Å²) < 4.78 is 14.4. The maximum absolute atomic E-state index is 14.1. The molecule has 0 saturated carbocycles. The molecule has 0 aliphatic rings. The van der Waals surface area contributed by atoms with Crippen molar-refractivity contribution in [2.75, 3.05) is 26.2 Å². The van der Waals surface area contributed by atoms with Gasteiger partial charge in [0.2, 0.25) is 0 Å². The molecule has 6 heteroatoms. The number of furan rings is 1. The summed E-state index contributed by atoms with van der Waals surface area (Å²) in [5.74, 6) is 1.43. The molecule has 36 heavy (non-hydrogen) atoms. The monoisotopic (exact) mass is 707 g/mol. The van der Waals surface area contributed by atoms with Gasteiger partial charge >= 0.3 is 0 Å². The largest absolute Gasteiger partial charge is 0.490 e. The SMILES string of the molecule is CCN(CC)CCOc1c(I)cc(C(=O)c2c(-c3c(C)cc(C)cc3C)oc3ccccc23)cc1I. The van der Waals surface area contributed by atoms with Crippen LogP contribution in [0.1, 0.15) is 46.5 Å². The van der Waals surface area contributed by atoms with Crippen LogP contribution in [0.5, 0.6) is 5.75 Å². The van der Waals surface area contributed by atoms with E-state index in [2.05, 4.69) is 96.8 Å². The summed E-state index contributed by atoms with van der Waals surface area (Å²) in [4.78, 5) is 16.4. The maximum atomic E-state index is 14.1. The lowest BCUT2D eigenvalue weighted by molar-refractivity contribution is 0.104. The van der Waals surface area contributed by atoms with Gasteiger partial charge in [-0.05, 0) is 108 Å². The van der Waals surface area contributed by atoms with E-state index in [-0.39, 0.29) is 5.78 Å². The Morgan fingerprint density at radius 2 is 1.56 bits per heavy atom. The standard InChI is InChI=1S/C30H31I2NO3/c1-6-33(7-2)12-13-35-29-23(31)16-21(17-24(29)32)28(34)27-22-10-8-9-11-25(22)36-30(27)26-19(4)14-18(3)15-20(26)5/h8-11,14-17H,6-7,12-13H2,1-5H3. The molecule has 4 rings (SSSR count). The summed E-state index contributed by atoms with van der Waals surface area (Å²) in [5.41, 5.74) is 6.34. The summed E-state index contributed by atoms with van der Waals surface area (Å²) in [7, 11) is 0. The quantitative estimate of drug-likeness (QED) is 0.130. The number of hydrogen-bond donors (Lipinski definition) is 0. The normalized spacial score (nSPS) is 11.4. The Labute approximate surface area is 240 Å². The summed E-state index contributed by atoms with van der Waals surface area (Å²) in [5, 5.41) is 0.835. The van der Waals surface area contributed by atoms with E-state index in [1.807, 2.05) is 36.4 Å². The lowest BCUT2D eigenvalue weighted by Gasteiger charge is -2.19. The van der Waals surface area contributed by atoms with Crippen molar-refractivity contribution in [3.63, 3.8) is 0 Å².